The van der Waals surface area contributed by atoms with Crippen molar-refractivity contribution in [1.82, 2.24) is 10.6 Å². The highest BCUT2D eigenvalue weighted by Crippen LogP contribution is 2.58. The molecule has 0 bridgehead atoms. The Hall–Kier alpha value is -1.10. The summed E-state index contributed by atoms with van der Waals surface area (Å²) in [5.74, 6) is 0.304. The van der Waals surface area contributed by atoms with Crippen LogP contribution in [0.5, 0.6) is 0 Å². The van der Waals surface area contributed by atoms with Gasteiger partial charge in [0.25, 0.3) is 0 Å². The van der Waals surface area contributed by atoms with E-state index in [0.717, 1.165) is 58.0 Å². The predicted octanol–water partition coefficient (Wildman–Crippen LogP) is 0.536. The summed E-state index contributed by atoms with van der Waals surface area (Å²) in [6.45, 7) is 2.10. The van der Waals surface area contributed by atoms with Gasteiger partial charge in [0, 0.05) is 17.9 Å². The van der Waals surface area contributed by atoms with Crippen LogP contribution in [0.3, 0.4) is 0 Å². The van der Waals surface area contributed by atoms with Gasteiger partial charge in [-0.05, 0) is 63.5 Å². The minimum absolute atomic E-state index is 0.0137. The van der Waals surface area contributed by atoms with Gasteiger partial charge in [0.2, 0.25) is 11.8 Å². The van der Waals surface area contributed by atoms with E-state index in [2.05, 4.69) is 10.6 Å². The number of primary amides is 1. The van der Waals surface area contributed by atoms with E-state index in [9.17, 15) is 9.59 Å². The van der Waals surface area contributed by atoms with Crippen molar-refractivity contribution in [2.75, 3.05) is 13.1 Å². The van der Waals surface area contributed by atoms with E-state index in [1.807, 2.05) is 0 Å². The van der Waals surface area contributed by atoms with E-state index < -0.39 is 0 Å². The summed E-state index contributed by atoms with van der Waals surface area (Å²) in [5, 5.41) is 6.56. The molecule has 1 unspecified atom stereocenters. The van der Waals surface area contributed by atoms with Crippen LogP contribution in [0.4, 0.5) is 0 Å². The Balaban J connectivity index is 1.45. The molecule has 1 spiro atoms. The molecule has 20 heavy (non-hydrogen) atoms. The first-order valence-electron chi connectivity index (χ1n) is 7.91. The molecule has 2 aliphatic carbocycles. The highest BCUT2D eigenvalue weighted by atomic mass is 16.2. The van der Waals surface area contributed by atoms with Gasteiger partial charge in [-0.25, -0.2) is 0 Å². The third-order valence-electron chi connectivity index (χ3n) is 5.58. The van der Waals surface area contributed by atoms with Crippen molar-refractivity contribution >= 4 is 11.8 Å². The molecule has 2 saturated carbocycles. The van der Waals surface area contributed by atoms with E-state index in [1.54, 1.807) is 0 Å². The fourth-order valence-corrected chi connectivity index (χ4v) is 4.02. The van der Waals surface area contributed by atoms with Gasteiger partial charge < -0.3 is 16.4 Å². The number of carbonyl (C=O) groups is 2. The highest BCUT2D eigenvalue weighted by Gasteiger charge is 2.57. The number of amides is 2. The molecule has 0 aromatic rings. The Kier molecular flexibility index (Phi) is 3.71. The second-order valence-electron chi connectivity index (χ2n) is 6.83. The van der Waals surface area contributed by atoms with Crippen molar-refractivity contribution in [3.63, 3.8) is 0 Å². The molecule has 0 radical (unpaired) electrons. The predicted molar refractivity (Wildman–Crippen MR) is 75.7 cm³/mol. The fraction of sp³-hybridized carbons (Fsp3) is 0.867. The molecule has 3 rings (SSSR count). The van der Waals surface area contributed by atoms with Crippen molar-refractivity contribution in [2.45, 2.75) is 51.0 Å². The van der Waals surface area contributed by atoms with Crippen LogP contribution < -0.4 is 16.4 Å². The zero-order chi connectivity index (χ0) is 14.2. The number of hydrogen-bond acceptors (Lipinski definition) is 3. The Labute approximate surface area is 120 Å². The first-order valence-corrected chi connectivity index (χ1v) is 7.91. The molecule has 4 N–H and O–H groups in total. The summed E-state index contributed by atoms with van der Waals surface area (Å²) in [6.07, 6.45) is 6.76. The molecule has 112 valence electrons. The van der Waals surface area contributed by atoms with Crippen molar-refractivity contribution in [3.05, 3.63) is 0 Å². The Morgan fingerprint density at radius 1 is 1.10 bits per heavy atom. The summed E-state index contributed by atoms with van der Waals surface area (Å²) < 4.78 is 0. The van der Waals surface area contributed by atoms with Crippen LogP contribution in [0.25, 0.3) is 0 Å². The quantitative estimate of drug-likeness (QED) is 0.705. The molecular weight excluding hydrogens is 254 g/mol. The van der Waals surface area contributed by atoms with Crippen molar-refractivity contribution < 1.29 is 9.59 Å². The standard InChI is InChI=1S/C15H25N3O2/c16-13(19)10-1-3-11(4-2-10)18-14(20)12-9-15(12)5-7-17-8-6-15/h10-12,17H,1-9H2,(H2,16,19)(H,18,20). The second kappa shape index (κ2) is 5.35. The van der Waals surface area contributed by atoms with E-state index >= 15 is 0 Å². The normalized spacial score (nSPS) is 35.5. The highest BCUT2D eigenvalue weighted by molar-refractivity contribution is 5.83. The van der Waals surface area contributed by atoms with E-state index in [-0.39, 0.29) is 29.7 Å². The summed E-state index contributed by atoms with van der Waals surface area (Å²) in [7, 11) is 0. The number of hydrogen-bond donors (Lipinski definition) is 3. The van der Waals surface area contributed by atoms with Crippen molar-refractivity contribution in [3.8, 4) is 0 Å². The molecular formula is C15H25N3O2. The molecule has 1 heterocycles. The average molecular weight is 279 g/mol. The Morgan fingerprint density at radius 3 is 2.35 bits per heavy atom. The number of nitrogens with two attached hydrogens (primary N) is 1. The number of rotatable bonds is 3. The van der Waals surface area contributed by atoms with Crippen LogP contribution in [0.15, 0.2) is 0 Å². The van der Waals surface area contributed by atoms with Gasteiger partial charge in [0.05, 0.1) is 0 Å². The topological polar surface area (TPSA) is 84.2 Å². The van der Waals surface area contributed by atoms with Crippen LogP contribution in [-0.4, -0.2) is 30.9 Å². The maximum absolute atomic E-state index is 12.3. The van der Waals surface area contributed by atoms with Crippen LogP contribution >= 0.6 is 0 Å². The van der Waals surface area contributed by atoms with Gasteiger partial charge in [0.15, 0.2) is 0 Å². The van der Waals surface area contributed by atoms with E-state index in [0.29, 0.717) is 5.41 Å². The van der Waals surface area contributed by atoms with Crippen LogP contribution in [0.1, 0.15) is 44.9 Å². The monoisotopic (exact) mass is 279 g/mol. The largest absolute Gasteiger partial charge is 0.369 e. The molecule has 1 aliphatic heterocycles. The molecule has 5 heteroatoms. The molecule has 0 aromatic heterocycles. The van der Waals surface area contributed by atoms with Crippen LogP contribution in [0.2, 0.25) is 0 Å². The van der Waals surface area contributed by atoms with Gasteiger partial charge >= 0.3 is 0 Å². The lowest BCUT2D eigenvalue weighted by atomic mass is 9.85. The average Bonchev–Trinajstić information content (AvgIpc) is 3.14. The van der Waals surface area contributed by atoms with E-state index in [1.165, 1.54) is 0 Å². The molecule has 3 aliphatic rings. The summed E-state index contributed by atoms with van der Waals surface area (Å²) in [5.41, 5.74) is 5.64. The van der Waals surface area contributed by atoms with Crippen LogP contribution in [-0.2, 0) is 9.59 Å². The maximum atomic E-state index is 12.3. The molecule has 3 fully saturated rings. The maximum Gasteiger partial charge on any atom is 0.223 e. The fourth-order valence-electron chi connectivity index (χ4n) is 4.02. The number of piperidine rings is 1. The van der Waals surface area contributed by atoms with Crippen molar-refractivity contribution in [2.24, 2.45) is 23.0 Å². The molecule has 2 amide bonds. The summed E-state index contributed by atoms with van der Waals surface area (Å²) in [4.78, 5) is 23.5. The minimum atomic E-state index is -0.189. The summed E-state index contributed by atoms with van der Waals surface area (Å²) in [6, 6.07) is 0.248. The minimum Gasteiger partial charge on any atom is -0.369 e. The zero-order valence-electron chi connectivity index (χ0n) is 12.0. The van der Waals surface area contributed by atoms with Gasteiger partial charge in [-0.2, -0.15) is 0 Å². The van der Waals surface area contributed by atoms with Gasteiger partial charge in [-0.3, -0.25) is 9.59 Å². The molecule has 5 nitrogen and oxygen atoms in total. The lowest BCUT2D eigenvalue weighted by Crippen LogP contribution is -2.41. The Bertz CT molecular complexity index is 396. The smallest absolute Gasteiger partial charge is 0.223 e. The summed E-state index contributed by atoms with van der Waals surface area (Å²) >= 11 is 0. The number of carbonyl (C=O) groups excluding carboxylic acids is 2. The van der Waals surface area contributed by atoms with Gasteiger partial charge in [-0.15, -0.1) is 0 Å². The van der Waals surface area contributed by atoms with Crippen LogP contribution in [0, 0.1) is 17.3 Å². The molecule has 0 aromatic carbocycles. The lowest BCUT2D eigenvalue weighted by Gasteiger charge is -2.28. The third kappa shape index (κ3) is 2.68. The molecule has 1 atom stereocenters. The van der Waals surface area contributed by atoms with Gasteiger partial charge in [0.1, 0.15) is 0 Å². The number of nitrogens with one attached hydrogen (secondary N) is 2. The SMILES string of the molecule is NC(=O)C1CCC(NC(=O)C2CC23CCNCC3)CC1. The van der Waals surface area contributed by atoms with Crippen molar-refractivity contribution in [1.29, 1.82) is 0 Å². The molecule has 1 saturated heterocycles. The van der Waals surface area contributed by atoms with Gasteiger partial charge in [-0.1, -0.05) is 0 Å². The zero-order valence-corrected chi connectivity index (χ0v) is 12.0. The first kappa shape index (κ1) is 13.9. The Morgan fingerprint density at radius 2 is 1.75 bits per heavy atom. The second-order valence-corrected chi connectivity index (χ2v) is 6.83. The van der Waals surface area contributed by atoms with E-state index in [4.69, 9.17) is 5.73 Å². The lowest BCUT2D eigenvalue weighted by molar-refractivity contribution is -0.124. The first-order chi connectivity index (χ1) is 9.61. The third-order valence-corrected chi connectivity index (χ3v) is 5.58.